The number of rotatable bonds is 1. The molecular formula is C8H10N2O4S. The number of sulfone groups is 1. The number of nitrogens with one attached hydrogen (secondary N) is 1. The number of piperazine rings is 1. The van der Waals surface area contributed by atoms with E-state index in [-0.39, 0.29) is 36.7 Å². The van der Waals surface area contributed by atoms with E-state index >= 15 is 0 Å². The third-order valence-electron chi connectivity index (χ3n) is 2.35. The van der Waals surface area contributed by atoms with E-state index in [1.165, 1.54) is 6.08 Å². The molecule has 0 aromatic carbocycles. The summed E-state index contributed by atoms with van der Waals surface area (Å²) in [7, 11) is -3.14. The SMILES string of the molecule is O=C1CN(C2C=CS(=O)(=O)C2)CC(=O)N1. The fraction of sp³-hybridized carbons (Fsp3) is 0.500. The molecule has 1 unspecified atom stereocenters. The van der Waals surface area contributed by atoms with Crippen LogP contribution in [0.4, 0.5) is 0 Å². The van der Waals surface area contributed by atoms with Gasteiger partial charge in [-0.2, -0.15) is 0 Å². The van der Waals surface area contributed by atoms with Crippen LogP contribution in [0, 0.1) is 0 Å². The van der Waals surface area contributed by atoms with Gasteiger partial charge in [-0.05, 0) is 0 Å². The molecule has 6 nitrogen and oxygen atoms in total. The zero-order valence-electron chi connectivity index (χ0n) is 7.84. The molecule has 15 heavy (non-hydrogen) atoms. The van der Waals surface area contributed by atoms with Gasteiger partial charge in [0.15, 0.2) is 9.84 Å². The van der Waals surface area contributed by atoms with Crippen LogP contribution in [-0.2, 0) is 19.4 Å². The van der Waals surface area contributed by atoms with Gasteiger partial charge >= 0.3 is 0 Å². The standard InChI is InChI=1S/C8H10N2O4S/c11-7-3-10(4-8(12)9-7)6-1-2-15(13,14)5-6/h1-2,6H,3-5H2,(H,9,11,12). The molecule has 1 saturated heterocycles. The predicted octanol–water partition coefficient (Wildman–Crippen LogP) is -1.74. The highest BCUT2D eigenvalue weighted by Gasteiger charge is 2.32. The van der Waals surface area contributed by atoms with E-state index in [2.05, 4.69) is 5.32 Å². The highest BCUT2D eigenvalue weighted by atomic mass is 32.2. The zero-order chi connectivity index (χ0) is 11.1. The van der Waals surface area contributed by atoms with Gasteiger partial charge in [0, 0.05) is 11.4 Å². The number of amides is 2. The molecule has 1 N–H and O–H groups in total. The lowest BCUT2D eigenvalue weighted by Gasteiger charge is -2.29. The molecule has 2 amide bonds. The molecule has 0 bridgehead atoms. The molecule has 1 atom stereocenters. The third-order valence-corrected chi connectivity index (χ3v) is 3.73. The Balaban J connectivity index is 2.10. The Labute approximate surface area is 86.9 Å². The minimum Gasteiger partial charge on any atom is -0.294 e. The lowest BCUT2D eigenvalue weighted by molar-refractivity contribution is -0.136. The van der Waals surface area contributed by atoms with Crippen molar-refractivity contribution in [1.29, 1.82) is 0 Å². The van der Waals surface area contributed by atoms with Crippen molar-refractivity contribution in [3.05, 3.63) is 11.5 Å². The van der Waals surface area contributed by atoms with Gasteiger partial charge < -0.3 is 0 Å². The van der Waals surface area contributed by atoms with Crippen LogP contribution in [0.25, 0.3) is 0 Å². The molecule has 2 rings (SSSR count). The summed E-state index contributed by atoms with van der Waals surface area (Å²) in [6, 6.07) is -0.356. The quantitative estimate of drug-likeness (QED) is 0.540. The smallest absolute Gasteiger partial charge is 0.240 e. The molecule has 0 spiro atoms. The van der Waals surface area contributed by atoms with Gasteiger partial charge in [0.25, 0.3) is 0 Å². The Morgan fingerprint density at radius 1 is 1.27 bits per heavy atom. The summed E-state index contributed by atoms with van der Waals surface area (Å²) in [5.74, 6) is -0.819. The molecular weight excluding hydrogens is 220 g/mol. The Morgan fingerprint density at radius 3 is 2.33 bits per heavy atom. The average Bonchev–Trinajstić information content (AvgIpc) is 2.44. The van der Waals surface area contributed by atoms with E-state index in [1.807, 2.05) is 0 Å². The summed E-state index contributed by atoms with van der Waals surface area (Å²) in [5, 5.41) is 3.29. The van der Waals surface area contributed by atoms with E-state index in [0.29, 0.717) is 0 Å². The Morgan fingerprint density at radius 2 is 1.87 bits per heavy atom. The van der Waals surface area contributed by atoms with Gasteiger partial charge in [0.05, 0.1) is 18.8 Å². The van der Waals surface area contributed by atoms with Crippen LogP contribution < -0.4 is 5.32 Å². The molecule has 2 heterocycles. The third kappa shape index (κ3) is 2.24. The summed E-state index contributed by atoms with van der Waals surface area (Å²) in [4.78, 5) is 23.7. The Bertz CT molecular complexity index is 424. The van der Waals surface area contributed by atoms with E-state index < -0.39 is 9.84 Å². The molecule has 2 aliphatic heterocycles. The highest BCUT2D eigenvalue weighted by Crippen LogP contribution is 2.15. The van der Waals surface area contributed by atoms with Gasteiger partial charge in [0.1, 0.15) is 0 Å². The minimum absolute atomic E-state index is 0.0481. The first kappa shape index (κ1) is 10.3. The number of imide groups is 1. The van der Waals surface area contributed by atoms with E-state index in [1.54, 1.807) is 4.90 Å². The van der Waals surface area contributed by atoms with Crippen LogP contribution in [0.1, 0.15) is 0 Å². The van der Waals surface area contributed by atoms with Crippen molar-refractivity contribution in [2.24, 2.45) is 0 Å². The maximum atomic E-state index is 11.1. The number of carbonyl (C=O) groups excluding carboxylic acids is 2. The maximum absolute atomic E-state index is 11.1. The second-order valence-corrected chi connectivity index (χ2v) is 5.53. The second-order valence-electron chi connectivity index (χ2n) is 3.60. The van der Waals surface area contributed by atoms with Crippen molar-refractivity contribution in [1.82, 2.24) is 10.2 Å². The molecule has 0 aliphatic carbocycles. The first-order valence-electron chi connectivity index (χ1n) is 4.44. The zero-order valence-corrected chi connectivity index (χ0v) is 8.66. The first-order valence-corrected chi connectivity index (χ1v) is 6.15. The number of hydrogen-bond donors (Lipinski definition) is 1. The lowest BCUT2D eigenvalue weighted by atomic mass is 10.2. The van der Waals surface area contributed by atoms with Gasteiger partial charge in [-0.15, -0.1) is 0 Å². The summed E-state index contributed by atoms with van der Waals surface area (Å²) in [6.07, 6.45) is 1.52. The van der Waals surface area contributed by atoms with E-state index in [4.69, 9.17) is 0 Å². The molecule has 82 valence electrons. The van der Waals surface area contributed by atoms with Gasteiger partial charge in [0.2, 0.25) is 11.8 Å². The van der Waals surface area contributed by atoms with E-state index in [0.717, 1.165) is 5.41 Å². The molecule has 0 aromatic rings. The van der Waals surface area contributed by atoms with Crippen molar-refractivity contribution in [3.63, 3.8) is 0 Å². The molecule has 0 radical (unpaired) electrons. The lowest BCUT2D eigenvalue weighted by Crippen LogP contribution is -2.54. The van der Waals surface area contributed by atoms with Crippen LogP contribution >= 0.6 is 0 Å². The van der Waals surface area contributed by atoms with Crippen molar-refractivity contribution in [2.75, 3.05) is 18.8 Å². The van der Waals surface area contributed by atoms with Crippen LogP contribution in [0.5, 0.6) is 0 Å². The van der Waals surface area contributed by atoms with Crippen molar-refractivity contribution in [3.8, 4) is 0 Å². The summed E-state index contributed by atoms with van der Waals surface area (Å²) >= 11 is 0. The largest absolute Gasteiger partial charge is 0.294 e. The summed E-state index contributed by atoms with van der Waals surface area (Å²) in [5.41, 5.74) is 0. The molecule has 7 heteroatoms. The molecule has 1 fully saturated rings. The van der Waals surface area contributed by atoms with Gasteiger partial charge in [-0.3, -0.25) is 19.8 Å². The van der Waals surface area contributed by atoms with Crippen LogP contribution in [0.2, 0.25) is 0 Å². The van der Waals surface area contributed by atoms with Gasteiger partial charge in [-0.1, -0.05) is 6.08 Å². The topological polar surface area (TPSA) is 83.6 Å². The molecule has 2 aliphatic rings. The number of hydrogen-bond acceptors (Lipinski definition) is 5. The number of carbonyl (C=O) groups is 2. The highest BCUT2D eigenvalue weighted by molar-refractivity contribution is 7.94. The maximum Gasteiger partial charge on any atom is 0.240 e. The van der Waals surface area contributed by atoms with Crippen LogP contribution in [0.15, 0.2) is 11.5 Å². The molecule has 0 saturated carbocycles. The molecule has 0 aromatic heterocycles. The van der Waals surface area contributed by atoms with Gasteiger partial charge in [-0.25, -0.2) is 8.42 Å². The summed E-state index contributed by atoms with van der Waals surface area (Å²) in [6.45, 7) is 0.131. The first-order chi connectivity index (χ1) is 6.96. The normalized spacial score (nSPS) is 30.5. The van der Waals surface area contributed by atoms with E-state index in [9.17, 15) is 18.0 Å². The van der Waals surface area contributed by atoms with Crippen molar-refractivity contribution >= 4 is 21.7 Å². The monoisotopic (exact) mass is 230 g/mol. The van der Waals surface area contributed by atoms with Crippen molar-refractivity contribution in [2.45, 2.75) is 6.04 Å². The number of nitrogens with zero attached hydrogens (tertiary/aromatic N) is 1. The van der Waals surface area contributed by atoms with Crippen molar-refractivity contribution < 1.29 is 18.0 Å². The second kappa shape index (κ2) is 3.42. The van der Waals surface area contributed by atoms with Crippen LogP contribution in [0.3, 0.4) is 0 Å². The Kier molecular flexibility index (Phi) is 2.35. The average molecular weight is 230 g/mol. The summed E-state index contributed by atoms with van der Waals surface area (Å²) < 4.78 is 22.3. The predicted molar refractivity (Wildman–Crippen MR) is 51.4 cm³/mol. The fourth-order valence-corrected chi connectivity index (χ4v) is 3.01. The minimum atomic E-state index is -3.14. The fourth-order valence-electron chi connectivity index (χ4n) is 1.68. The van der Waals surface area contributed by atoms with Crippen LogP contribution in [-0.4, -0.2) is 50.0 Å². The Hall–Kier alpha value is -1.21.